The lowest BCUT2D eigenvalue weighted by Gasteiger charge is -2.44. The van der Waals surface area contributed by atoms with Gasteiger partial charge in [0.2, 0.25) is 0 Å². The van der Waals surface area contributed by atoms with Crippen LogP contribution in [0.1, 0.15) is 46.8 Å². The van der Waals surface area contributed by atoms with Crippen LogP contribution in [0.5, 0.6) is 0 Å². The van der Waals surface area contributed by atoms with Crippen molar-refractivity contribution in [1.82, 2.24) is 19.9 Å². The van der Waals surface area contributed by atoms with Gasteiger partial charge in [-0.2, -0.15) is 0 Å². The van der Waals surface area contributed by atoms with Gasteiger partial charge < -0.3 is 9.88 Å². The number of hydrogen-bond donors (Lipinski definition) is 1. The first-order valence-electron chi connectivity index (χ1n) is 9.00. The lowest BCUT2D eigenvalue weighted by Crippen LogP contribution is -2.49. The monoisotopic (exact) mass is 332 g/mol. The predicted molar refractivity (Wildman–Crippen MR) is 95.5 cm³/mol. The zero-order chi connectivity index (χ0) is 16.8. The zero-order valence-electron chi connectivity index (χ0n) is 14.0. The molecule has 1 fully saturated rings. The van der Waals surface area contributed by atoms with Crippen LogP contribution in [0.2, 0.25) is 0 Å². The Bertz CT molecular complexity index is 948. The van der Waals surface area contributed by atoms with E-state index in [1.807, 2.05) is 12.1 Å². The summed E-state index contributed by atoms with van der Waals surface area (Å²) in [7, 11) is 0. The molecule has 3 aromatic rings. The van der Waals surface area contributed by atoms with Crippen molar-refractivity contribution in [3.8, 4) is 0 Å². The van der Waals surface area contributed by atoms with Gasteiger partial charge in [-0.05, 0) is 48.9 Å². The maximum absolute atomic E-state index is 13.2. The van der Waals surface area contributed by atoms with Crippen molar-refractivity contribution in [3.05, 3.63) is 59.5 Å². The Morgan fingerprint density at radius 3 is 3.04 bits per heavy atom. The fourth-order valence-corrected chi connectivity index (χ4v) is 4.54. The van der Waals surface area contributed by atoms with Crippen molar-refractivity contribution >= 4 is 17.1 Å². The Hall–Kier alpha value is -2.69. The molecule has 1 aliphatic heterocycles. The van der Waals surface area contributed by atoms with Gasteiger partial charge in [0.1, 0.15) is 5.69 Å². The molecule has 1 aromatic carbocycles. The molecule has 1 amide bonds. The number of aromatic nitrogens is 3. The van der Waals surface area contributed by atoms with E-state index in [0.29, 0.717) is 17.3 Å². The minimum absolute atomic E-state index is 0.0407. The molecular formula is C20H20N4O. The summed E-state index contributed by atoms with van der Waals surface area (Å²) in [4.78, 5) is 26.9. The van der Waals surface area contributed by atoms with Crippen LogP contribution in [0.25, 0.3) is 11.2 Å². The number of benzene rings is 1. The minimum Gasteiger partial charge on any atom is -0.343 e. The van der Waals surface area contributed by atoms with Gasteiger partial charge in [0.15, 0.2) is 5.65 Å². The average Bonchev–Trinajstić information content (AvgIpc) is 3.14. The van der Waals surface area contributed by atoms with Crippen LogP contribution < -0.4 is 0 Å². The van der Waals surface area contributed by atoms with Gasteiger partial charge in [-0.1, -0.05) is 24.3 Å². The van der Waals surface area contributed by atoms with E-state index in [1.165, 1.54) is 11.1 Å². The van der Waals surface area contributed by atoms with Gasteiger partial charge in [0.05, 0.1) is 11.8 Å². The van der Waals surface area contributed by atoms with E-state index in [1.54, 1.807) is 6.33 Å². The maximum Gasteiger partial charge on any atom is 0.272 e. The van der Waals surface area contributed by atoms with Gasteiger partial charge in [-0.25, -0.2) is 9.97 Å². The number of nitrogens with one attached hydrogen (secondary N) is 1. The van der Waals surface area contributed by atoms with Crippen molar-refractivity contribution in [2.45, 2.75) is 37.6 Å². The van der Waals surface area contributed by atoms with E-state index < -0.39 is 0 Å². The van der Waals surface area contributed by atoms with Crippen LogP contribution >= 0.6 is 0 Å². The summed E-state index contributed by atoms with van der Waals surface area (Å²) in [6.07, 6.45) is 5.91. The number of H-pyrrole nitrogens is 1. The Kier molecular flexibility index (Phi) is 3.33. The molecular weight excluding hydrogens is 312 g/mol. The molecule has 1 aliphatic carbocycles. The number of amides is 1. The Morgan fingerprint density at radius 1 is 1.16 bits per heavy atom. The van der Waals surface area contributed by atoms with Crippen molar-refractivity contribution in [3.63, 3.8) is 0 Å². The Balaban J connectivity index is 1.48. The highest BCUT2D eigenvalue weighted by molar-refractivity contribution is 5.94. The number of hydrogen-bond acceptors (Lipinski definition) is 3. The van der Waals surface area contributed by atoms with Gasteiger partial charge >= 0.3 is 0 Å². The van der Waals surface area contributed by atoms with E-state index >= 15 is 0 Å². The van der Waals surface area contributed by atoms with Crippen LogP contribution in [0.3, 0.4) is 0 Å². The number of carbonyl (C=O) groups is 1. The second-order valence-electron chi connectivity index (χ2n) is 7.02. The van der Waals surface area contributed by atoms with Gasteiger partial charge in [-0.15, -0.1) is 0 Å². The molecule has 5 rings (SSSR count). The summed E-state index contributed by atoms with van der Waals surface area (Å²) >= 11 is 0. The van der Waals surface area contributed by atoms with Gasteiger partial charge in [-0.3, -0.25) is 4.79 Å². The molecule has 0 spiro atoms. The highest BCUT2D eigenvalue weighted by Gasteiger charge is 2.38. The predicted octanol–water partition coefficient (Wildman–Crippen LogP) is 3.29. The average molecular weight is 332 g/mol. The number of likely N-dealkylation sites (tertiary alicyclic amines) is 1. The number of piperidine rings is 1. The first-order valence-corrected chi connectivity index (χ1v) is 9.00. The first kappa shape index (κ1) is 14.6. The fraction of sp³-hybridized carbons (Fsp3) is 0.350. The summed E-state index contributed by atoms with van der Waals surface area (Å²) in [6, 6.07) is 12.7. The molecule has 25 heavy (non-hydrogen) atoms. The molecule has 0 saturated carbocycles. The summed E-state index contributed by atoms with van der Waals surface area (Å²) in [5.41, 5.74) is 4.85. The Morgan fingerprint density at radius 2 is 2.08 bits per heavy atom. The Labute approximate surface area is 146 Å². The number of nitrogens with zero attached hydrogens (tertiary/aromatic N) is 3. The van der Waals surface area contributed by atoms with Crippen LogP contribution in [-0.2, 0) is 6.42 Å². The summed E-state index contributed by atoms with van der Waals surface area (Å²) in [5.74, 6) is 0.496. The number of aryl methyl sites for hydroxylation is 1. The van der Waals surface area contributed by atoms with E-state index in [0.717, 1.165) is 37.7 Å². The first-order chi connectivity index (χ1) is 12.3. The van der Waals surface area contributed by atoms with Crippen LogP contribution in [0.4, 0.5) is 0 Å². The smallest absolute Gasteiger partial charge is 0.272 e. The van der Waals surface area contributed by atoms with E-state index in [-0.39, 0.29) is 11.9 Å². The molecule has 126 valence electrons. The highest BCUT2D eigenvalue weighted by atomic mass is 16.2. The summed E-state index contributed by atoms with van der Waals surface area (Å²) < 4.78 is 0. The SMILES string of the molecule is O=C(c1ccc2[nH]cnc2n1)N1CCC[C@@H]2c3ccccc3CCC21. The third kappa shape index (κ3) is 2.34. The molecule has 5 nitrogen and oxygen atoms in total. The largest absolute Gasteiger partial charge is 0.343 e. The van der Waals surface area contributed by atoms with E-state index in [2.05, 4.69) is 44.1 Å². The summed E-state index contributed by atoms with van der Waals surface area (Å²) in [5, 5.41) is 0. The number of fused-ring (bicyclic) bond motifs is 4. The molecule has 1 saturated heterocycles. The van der Waals surface area contributed by atoms with E-state index in [4.69, 9.17) is 0 Å². The number of pyridine rings is 1. The van der Waals surface area contributed by atoms with Crippen molar-refractivity contribution in [1.29, 1.82) is 0 Å². The number of aromatic amines is 1. The van der Waals surface area contributed by atoms with E-state index in [9.17, 15) is 4.79 Å². The lowest BCUT2D eigenvalue weighted by molar-refractivity contribution is 0.0541. The molecule has 1 N–H and O–H groups in total. The van der Waals surface area contributed by atoms with Crippen molar-refractivity contribution < 1.29 is 4.79 Å². The molecule has 0 bridgehead atoms. The van der Waals surface area contributed by atoms with Gasteiger partial charge in [0.25, 0.3) is 5.91 Å². The quantitative estimate of drug-likeness (QED) is 0.744. The molecule has 2 aromatic heterocycles. The number of rotatable bonds is 1. The number of carbonyl (C=O) groups excluding carboxylic acids is 1. The topological polar surface area (TPSA) is 61.9 Å². The van der Waals surface area contributed by atoms with Crippen LogP contribution in [0.15, 0.2) is 42.7 Å². The summed E-state index contributed by atoms with van der Waals surface area (Å²) in [6.45, 7) is 0.822. The van der Waals surface area contributed by atoms with Gasteiger partial charge in [0, 0.05) is 18.5 Å². The molecule has 1 unspecified atom stereocenters. The minimum atomic E-state index is 0.0407. The molecule has 3 heterocycles. The third-order valence-electron chi connectivity index (χ3n) is 5.70. The normalized spacial score (nSPS) is 22.5. The molecule has 0 radical (unpaired) electrons. The zero-order valence-corrected chi connectivity index (χ0v) is 14.0. The van der Waals surface area contributed by atoms with Crippen molar-refractivity contribution in [2.24, 2.45) is 0 Å². The molecule has 5 heteroatoms. The standard InChI is InChI=1S/C20H20N4O/c25-20(17-9-8-16-19(23-17)22-12-21-16)24-11-3-6-15-14-5-2-1-4-13(14)7-10-18(15)24/h1-2,4-5,8-9,12,15,18H,3,6-7,10-11H2,(H,21,22,23)/t15-,18?/m1/s1. The second-order valence-corrected chi connectivity index (χ2v) is 7.02. The third-order valence-corrected chi connectivity index (χ3v) is 5.70. The fourth-order valence-electron chi connectivity index (χ4n) is 4.54. The van der Waals surface area contributed by atoms with Crippen LogP contribution in [0, 0.1) is 0 Å². The number of imidazole rings is 1. The second kappa shape index (κ2) is 5.69. The molecule has 2 aliphatic rings. The maximum atomic E-state index is 13.2. The highest BCUT2D eigenvalue weighted by Crippen LogP contribution is 2.40. The molecule has 2 atom stereocenters. The van der Waals surface area contributed by atoms with Crippen molar-refractivity contribution in [2.75, 3.05) is 6.54 Å². The van der Waals surface area contributed by atoms with Crippen LogP contribution in [-0.4, -0.2) is 38.3 Å². The lowest BCUT2D eigenvalue weighted by atomic mass is 9.74.